The summed E-state index contributed by atoms with van der Waals surface area (Å²) in [5, 5.41) is 4.82. The predicted molar refractivity (Wildman–Crippen MR) is 81.3 cm³/mol. The number of nitrogens with one attached hydrogen (secondary N) is 1. The normalized spacial score (nSPS) is 12.7. The molecule has 108 valence electrons. The van der Waals surface area contributed by atoms with Gasteiger partial charge in [-0.2, -0.15) is 0 Å². The van der Waals surface area contributed by atoms with E-state index in [4.69, 9.17) is 10.5 Å². The summed E-state index contributed by atoms with van der Waals surface area (Å²) >= 11 is 5.07. The van der Waals surface area contributed by atoms with Crippen LogP contribution in [0.25, 0.3) is 0 Å². The lowest BCUT2D eigenvalue weighted by Crippen LogP contribution is -2.40. The summed E-state index contributed by atoms with van der Waals surface area (Å²) in [5.74, 6) is -0.0198. The van der Waals surface area contributed by atoms with E-state index in [1.165, 1.54) is 0 Å². The minimum absolute atomic E-state index is 0.0198. The van der Waals surface area contributed by atoms with Gasteiger partial charge in [-0.25, -0.2) is 0 Å². The summed E-state index contributed by atoms with van der Waals surface area (Å²) in [4.78, 5) is 14.8. The number of hydrogen-bond donors (Lipinski definition) is 2. The van der Waals surface area contributed by atoms with Gasteiger partial charge in [-0.05, 0) is 29.0 Å². The Kier molecular flexibility index (Phi) is 7.55. The van der Waals surface area contributed by atoms with Crippen LogP contribution in [0.5, 0.6) is 0 Å². The molecule has 1 rings (SSSR count). The van der Waals surface area contributed by atoms with E-state index in [9.17, 15) is 4.79 Å². The molecular formula is C12H20BrN3O2S. The Bertz CT molecular complexity index is 400. The number of halogens is 1. The molecule has 19 heavy (non-hydrogen) atoms. The molecule has 1 atom stereocenters. The number of rotatable bonds is 8. The second-order valence-electron chi connectivity index (χ2n) is 4.18. The highest BCUT2D eigenvalue weighted by Crippen LogP contribution is 2.28. The first-order chi connectivity index (χ1) is 9.08. The van der Waals surface area contributed by atoms with Crippen molar-refractivity contribution < 1.29 is 9.53 Å². The number of ether oxygens (including phenoxy) is 1. The summed E-state index contributed by atoms with van der Waals surface area (Å²) in [5.41, 5.74) is 5.81. The van der Waals surface area contributed by atoms with Crippen molar-refractivity contribution in [3.8, 4) is 0 Å². The van der Waals surface area contributed by atoms with Gasteiger partial charge < -0.3 is 15.8 Å². The second kappa shape index (κ2) is 8.65. The average Bonchev–Trinajstić information content (AvgIpc) is 2.77. The van der Waals surface area contributed by atoms with Crippen molar-refractivity contribution in [1.29, 1.82) is 0 Å². The molecular weight excluding hydrogens is 330 g/mol. The summed E-state index contributed by atoms with van der Waals surface area (Å²) < 4.78 is 5.93. The number of nitrogens with zero attached hydrogens (tertiary/aromatic N) is 1. The average molecular weight is 350 g/mol. The van der Waals surface area contributed by atoms with E-state index in [1.807, 2.05) is 23.4 Å². The van der Waals surface area contributed by atoms with Gasteiger partial charge >= 0.3 is 0 Å². The number of likely N-dealkylation sites (N-methyl/N-ethyl adjacent to an activating group) is 1. The Morgan fingerprint density at radius 2 is 2.42 bits per heavy atom. The molecule has 0 fully saturated rings. The Hall–Kier alpha value is -0.470. The molecule has 0 radical (unpaired) electrons. The number of thiophene rings is 1. The van der Waals surface area contributed by atoms with Crippen LogP contribution in [0.3, 0.4) is 0 Å². The zero-order valence-corrected chi connectivity index (χ0v) is 13.6. The fourth-order valence-corrected chi connectivity index (χ4v) is 3.32. The molecule has 3 N–H and O–H groups in total. The maximum atomic E-state index is 11.7. The number of nitrogens with two attached hydrogens (primary N) is 1. The smallest absolute Gasteiger partial charge is 0.234 e. The van der Waals surface area contributed by atoms with Crippen molar-refractivity contribution in [2.75, 3.05) is 40.4 Å². The predicted octanol–water partition coefficient (Wildman–Crippen LogP) is 1.20. The Balaban J connectivity index is 2.50. The van der Waals surface area contributed by atoms with Gasteiger partial charge in [-0.3, -0.25) is 9.69 Å². The molecule has 0 spiro atoms. The van der Waals surface area contributed by atoms with Gasteiger partial charge in [-0.15, -0.1) is 11.3 Å². The van der Waals surface area contributed by atoms with Crippen LogP contribution in [0.2, 0.25) is 0 Å². The van der Waals surface area contributed by atoms with Gasteiger partial charge in [0.2, 0.25) is 5.91 Å². The molecule has 0 aromatic carbocycles. The molecule has 0 bridgehead atoms. The van der Waals surface area contributed by atoms with E-state index in [0.717, 1.165) is 9.35 Å². The highest BCUT2D eigenvalue weighted by molar-refractivity contribution is 9.10. The molecule has 1 aromatic rings. The van der Waals surface area contributed by atoms with E-state index in [0.29, 0.717) is 26.2 Å². The third kappa shape index (κ3) is 5.58. The van der Waals surface area contributed by atoms with Crippen LogP contribution in [0.1, 0.15) is 10.9 Å². The van der Waals surface area contributed by atoms with Crippen molar-refractivity contribution in [2.45, 2.75) is 6.04 Å². The van der Waals surface area contributed by atoms with E-state index in [2.05, 4.69) is 21.2 Å². The maximum absolute atomic E-state index is 11.7. The van der Waals surface area contributed by atoms with Crippen LogP contribution < -0.4 is 11.1 Å². The number of methoxy groups -OCH3 is 1. The van der Waals surface area contributed by atoms with Gasteiger partial charge in [0.1, 0.15) is 0 Å². The van der Waals surface area contributed by atoms with Crippen LogP contribution >= 0.6 is 27.3 Å². The van der Waals surface area contributed by atoms with E-state index in [1.54, 1.807) is 18.4 Å². The first kappa shape index (κ1) is 16.6. The summed E-state index contributed by atoms with van der Waals surface area (Å²) in [6, 6.07) is 2.10. The second-order valence-corrected chi connectivity index (χ2v) is 6.04. The van der Waals surface area contributed by atoms with Crippen molar-refractivity contribution in [1.82, 2.24) is 10.2 Å². The van der Waals surface area contributed by atoms with Crippen LogP contribution in [0, 0.1) is 0 Å². The number of carbonyl (C=O) groups is 1. The van der Waals surface area contributed by atoms with Gasteiger partial charge in [0.15, 0.2) is 0 Å². The van der Waals surface area contributed by atoms with Crippen molar-refractivity contribution in [2.24, 2.45) is 5.73 Å². The van der Waals surface area contributed by atoms with E-state index in [-0.39, 0.29) is 11.9 Å². The number of hydrogen-bond acceptors (Lipinski definition) is 5. The number of amides is 1. The fourth-order valence-electron chi connectivity index (χ4n) is 1.70. The first-order valence-electron chi connectivity index (χ1n) is 5.98. The highest BCUT2D eigenvalue weighted by Gasteiger charge is 2.19. The molecule has 1 unspecified atom stereocenters. The van der Waals surface area contributed by atoms with Crippen LogP contribution in [0.15, 0.2) is 15.9 Å². The number of carbonyl (C=O) groups excluding carboxylic acids is 1. The molecule has 0 aliphatic rings. The largest absolute Gasteiger partial charge is 0.383 e. The van der Waals surface area contributed by atoms with E-state index >= 15 is 0 Å². The van der Waals surface area contributed by atoms with Gasteiger partial charge in [-0.1, -0.05) is 0 Å². The lowest BCUT2D eigenvalue weighted by atomic mass is 10.2. The zero-order valence-electron chi connectivity index (χ0n) is 11.2. The maximum Gasteiger partial charge on any atom is 0.234 e. The zero-order chi connectivity index (χ0) is 14.3. The minimum atomic E-state index is -0.0198. The summed E-state index contributed by atoms with van der Waals surface area (Å²) in [6.45, 7) is 1.85. The quantitative estimate of drug-likeness (QED) is 0.692. The molecule has 0 saturated heterocycles. The van der Waals surface area contributed by atoms with Gasteiger partial charge in [0.05, 0.1) is 19.2 Å². The molecule has 1 amide bonds. The molecule has 1 aromatic heterocycles. The summed E-state index contributed by atoms with van der Waals surface area (Å²) in [6.07, 6.45) is 0. The standard InChI is InChI=1S/C12H20BrN3O2S/c1-16(7-12(17)15-3-4-18-2)10(6-14)11-5-9(13)8-19-11/h5,8,10H,3-4,6-7,14H2,1-2H3,(H,15,17). The van der Waals surface area contributed by atoms with Crippen LogP contribution in [-0.2, 0) is 9.53 Å². The fraction of sp³-hybridized carbons (Fsp3) is 0.583. The van der Waals surface area contributed by atoms with Crippen LogP contribution in [0.4, 0.5) is 0 Å². The van der Waals surface area contributed by atoms with E-state index < -0.39 is 0 Å². The Morgan fingerprint density at radius 1 is 1.68 bits per heavy atom. The third-order valence-corrected chi connectivity index (χ3v) is 4.49. The molecule has 7 heteroatoms. The minimum Gasteiger partial charge on any atom is -0.383 e. The summed E-state index contributed by atoms with van der Waals surface area (Å²) in [7, 11) is 3.51. The monoisotopic (exact) mass is 349 g/mol. The molecule has 0 aliphatic heterocycles. The highest BCUT2D eigenvalue weighted by atomic mass is 79.9. The lowest BCUT2D eigenvalue weighted by molar-refractivity contribution is -0.122. The lowest BCUT2D eigenvalue weighted by Gasteiger charge is -2.25. The van der Waals surface area contributed by atoms with Crippen molar-refractivity contribution in [3.05, 3.63) is 20.8 Å². The van der Waals surface area contributed by atoms with Gasteiger partial charge in [0, 0.05) is 34.9 Å². The molecule has 0 saturated carbocycles. The Morgan fingerprint density at radius 3 is 2.95 bits per heavy atom. The molecule has 1 heterocycles. The van der Waals surface area contributed by atoms with Gasteiger partial charge in [0.25, 0.3) is 0 Å². The van der Waals surface area contributed by atoms with Crippen LogP contribution in [-0.4, -0.2) is 51.2 Å². The first-order valence-corrected chi connectivity index (χ1v) is 7.65. The Labute approximate surface area is 126 Å². The topological polar surface area (TPSA) is 67.6 Å². The molecule has 5 nitrogen and oxygen atoms in total. The van der Waals surface area contributed by atoms with Crippen molar-refractivity contribution >= 4 is 33.2 Å². The SMILES string of the molecule is COCCNC(=O)CN(C)C(CN)c1cc(Br)cs1. The van der Waals surface area contributed by atoms with Crippen molar-refractivity contribution in [3.63, 3.8) is 0 Å². The third-order valence-electron chi connectivity index (χ3n) is 2.69. The molecule has 0 aliphatic carbocycles.